The number of amides is 1. The Labute approximate surface area is 85.3 Å². The predicted molar refractivity (Wildman–Crippen MR) is 53.7 cm³/mol. The van der Waals surface area contributed by atoms with Crippen LogP contribution in [0.1, 0.15) is 11.1 Å². The molecule has 0 aliphatic carbocycles. The maximum atomic E-state index is 10.5. The van der Waals surface area contributed by atoms with E-state index in [1.165, 1.54) is 0 Å². The van der Waals surface area contributed by atoms with Crippen LogP contribution in [0.4, 0.5) is 4.79 Å². The summed E-state index contributed by atoms with van der Waals surface area (Å²) < 4.78 is 1.07. The van der Waals surface area contributed by atoms with Gasteiger partial charge in [-0.1, -0.05) is 29.8 Å². The first-order valence-corrected chi connectivity index (χ1v) is 4.52. The Balaban J connectivity index is 2.69. The maximum absolute atomic E-state index is 10.5. The number of carboxylic acid groups (broad SMARTS) is 1. The van der Waals surface area contributed by atoms with Crippen molar-refractivity contribution in [2.24, 2.45) is 0 Å². The molecule has 13 heavy (non-hydrogen) atoms. The van der Waals surface area contributed by atoms with Gasteiger partial charge in [-0.05, 0) is 12.5 Å². The van der Waals surface area contributed by atoms with E-state index in [4.69, 9.17) is 5.11 Å². The van der Waals surface area contributed by atoms with Crippen molar-refractivity contribution < 1.29 is 9.90 Å². The molecule has 0 unspecified atom stereocenters. The molecule has 0 heterocycles. The van der Waals surface area contributed by atoms with Crippen LogP contribution in [0.5, 0.6) is 0 Å². The Morgan fingerprint density at radius 2 is 2.31 bits per heavy atom. The van der Waals surface area contributed by atoms with Crippen molar-refractivity contribution in [3.05, 3.63) is 35.4 Å². The van der Waals surface area contributed by atoms with Crippen LogP contribution < -0.4 is 0 Å². The largest absolute Gasteiger partial charge is 0.464 e. The molecule has 1 aromatic carbocycles. The SMILES string of the molecule is Cc1cccc(CN(Br)C(=O)O)c1. The zero-order valence-electron chi connectivity index (χ0n) is 7.20. The molecule has 0 aliphatic rings. The van der Waals surface area contributed by atoms with Gasteiger partial charge in [0.1, 0.15) is 0 Å². The fourth-order valence-electron chi connectivity index (χ4n) is 1.04. The minimum Gasteiger partial charge on any atom is -0.464 e. The molecule has 1 rings (SSSR count). The number of rotatable bonds is 2. The topological polar surface area (TPSA) is 40.5 Å². The molecule has 0 spiro atoms. The monoisotopic (exact) mass is 243 g/mol. The van der Waals surface area contributed by atoms with Crippen LogP contribution in [-0.2, 0) is 6.54 Å². The Morgan fingerprint density at radius 1 is 1.62 bits per heavy atom. The minimum absolute atomic E-state index is 0.358. The van der Waals surface area contributed by atoms with E-state index in [2.05, 4.69) is 16.1 Å². The number of hydrogen-bond donors (Lipinski definition) is 1. The van der Waals surface area contributed by atoms with Crippen LogP contribution in [0.2, 0.25) is 0 Å². The van der Waals surface area contributed by atoms with Gasteiger partial charge in [-0.3, -0.25) is 0 Å². The lowest BCUT2D eigenvalue weighted by atomic mass is 10.1. The van der Waals surface area contributed by atoms with Crippen LogP contribution in [-0.4, -0.2) is 15.1 Å². The lowest BCUT2D eigenvalue weighted by molar-refractivity contribution is 0.176. The van der Waals surface area contributed by atoms with Crippen molar-refractivity contribution >= 4 is 22.2 Å². The summed E-state index contributed by atoms with van der Waals surface area (Å²) in [5.74, 6) is 0. The molecule has 1 aromatic rings. The molecule has 1 N–H and O–H groups in total. The third-order valence-electron chi connectivity index (χ3n) is 1.61. The van der Waals surface area contributed by atoms with Crippen molar-refractivity contribution in [2.75, 3.05) is 0 Å². The zero-order valence-corrected chi connectivity index (χ0v) is 8.78. The van der Waals surface area contributed by atoms with Crippen molar-refractivity contribution in [2.45, 2.75) is 13.5 Å². The molecule has 4 heteroatoms. The van der Waals surface area contributed by atoms with Gasteiger partial charge < -0.3 is 5.11 Å². The second-order valence-electron chi connectivity index (χ2n) is 2.79. The van der Waals surface area contributed by atoms with E-state index in [9.17, 15) is 4.79 Å². The molecule has 0 saturated carbocycles. The Hall–Kier alpha value is -1.03. The molecular weight excluding hydrogens is 234 g/mol. The van der Waals surface area contributed by atoms with Crippen LogP contribution in [0.25, 0.3) is 0 Å². The molecule has 0 bridgehead atoms. The quantitative estimate of drug-likeness (QED) is 0.812. The molecule has 1 amide bonds. The van der Waals surface area contributed by atoms with Gasteiger partial charge in [0.05, 0.1) is 22.7 Å². The minimum atomic E-state index is -0.985. The highest BCUT2D eigenvalue weighted by molar-refractivity contribution is 9.07. The standard InChI is InChI=1S/C9H10BrNO2/c1-7-3-2-4-8(5-7)6-11(10)9(12)13/h2-5H,6H2,1H3,(H,12,13). The van der Waals surface area contributed by atoms with E-state index in [0.29, 0.717) is 6.54 Å². The summed E-state index contributed by atoms with van der Waals surface area (Å²) in [7, 11) is 0. The molecular formula is C9H10BrNO2. The molecule has 0 radical (unpaired) electrons. The van der Waals surface area contributed by atoms with E-state index >= 15 is 0 Å². The number of hydrogen-bond acceptors (Lipinski definition) is 1. The Kier molecular flexibility index (Phi) is 3.31. The van der Waals surface area contributed by atoms with E-state index in [1.807, 2.05) is 31.2 Å². The molecule has 0 atom stereocenters. The summed E-state index contributed by atoms with van der Waals surface area (Å²) in [4.78, 5) is 10.5. The highest BCUT2D eigenvalue weighted by Crippen LogP contribution is 2.10. The first-order chi connectivity index (χ1) is 6.09. The van der Waals surface area contributed by atoms with E-state index in [0.717, 1.165) is 15.1 Å². The van der Waals surface area contributed by atoms with Crippen LogP contribution >= 0.6 is 16.1 Å². The van der Waals surface area contributed by atoms with Gasteiger partial charge in [-0.2, -0.15) is 0 Å². The third-order valence-corrected chi connectivity index (χ3v) is 2.17. The highest BCUT2D eigenvalue weighted by atomic mass is 79.9. The van der Waals surface area contributed by atoms with E-state index < -0.39 is 6.09 Å². The molecule has 0 aliphatic heterocycles. The molecule has 0 fully saturated rings. The van der Waals surface area contributed by atoms with Gasteiger partial charge in [0.15, 0.2) is 0 Å². The molecule has 70 valence electrons. The lowest BCUT2D eigenvalue weighted by Gasteiger charge is -2.10. The summed E-state index contributed by atoms with van der Waals surface area (Å²) in [6.07, 6.45) is -0.985. The third kappa shape index (κ3) is 3.06. The highest BCUT2D eigenvalue weighted by Gasteiger charge is 2.07. The maximum Gasteiger partial charge on any atom is 0.417 e. The van der Waals surface area contributed by atoms with Gasteiger partial charge in [-0.15, -0.1) is 0 Å². The van der Waals surface area contributed by atoms with Gasteiger partial charge in [0.2, 0.25) is 0 Å². The molecule has 3 nitrogen and oxygen atoms in total. The molecule has 0 saturated heterocycles. The first kappa shape index (κ1) is 10.1. The second kappa shape index (κ2) is 4.28. The second-order valence-corrected chi connectivity index (χ2v) is 3.65. The fourth-order valence-corrected chi connectivity index (χ4v) is 1.33. The summed E-state index contributed by atoms with van der Waals surface area (Å²) >= 11 is 2.94. The summed E-state index contributed by atoms with van der Waals surface area (Å²) in [5, 5.41) is 8.59. The van der Waals surface area contributed by atoms with Gasteiger partial charge in [-0.25, -0.2) is 8.72 Å². The van der Waals surface area contributed by atoms with Crippen LogP contribution in [0.15, 0.2) is 24.3 Å². The zero-order chi connectivity index (χ0) is 9.84. The normalized spacial score (nSPS) is 9.69. The number of aryl methyl sites for hydroxylation is 1. The van der Waals surface area contributed by atoms with Crippen molar-refractivity contribution in [1.29, 1.82) is 0 Å². The predicted octanol–water partition coefficient (Wildman–Crippen LogP) is 2.78. The smallest absolute Gasteiger partial charge is 0.417 e. The number of nitrogens with zero attached hydrogens (tertiary/aromatic N) is 1. The summed E-state index contributed by atoms with van der Waals surface area (Å²) in [5.41, 5.74) is 2.10. The van der Waals surface area contributed by atoms with Crippen molar-refractivity contribution in [3.63, 3.8) is 0 Å². The van der Waals surface area contributed by atoms with E-state index in [-0.39, 0.29) is 0 Å². The average molecular weight is 244 g/mol. The average Bonchev–Trinajstić information content (AvgIpc) is 2.04. The lowest BCUT2D eigenvalue weighted by Crippen LogP contribution is -2.17. The summed E-state index contributed by atoms with van der Waals surface area (Å²) in [6, 6.07) is 7.73. The Morgan fingerprint density at radius 3 is 2.85 bits per heavy atom. The number of benzene rings is 1. The van der Waals surface area contributed by atoms with Gasteiger partial charge in [0, 0.05) is 0 Å². The van der Waals surface area contributed by atoms with Gasteiger partial charge in [0.25, 0.3) is 0 Å². The van der Waals surface area contributed by atoms with Crippen molar-refractivity contribution in [1.82, 2.24) is 3.93 Å². The molecule has 0 aromatic heterocycles. The first-order valence-electron chi connectivity index (χ1n) is 3.81. The number of carbonyl (C=O) groups is 1. The van der Waals surface area contributed by atoms with Crippen LogP contribution in [0, 0.1) is 6.92 Å². The fraction of sp³-hybridized carbons (Fsp3) is 0.222. The van der Waals surface area contributed by atoms with Crippen LogP contribution in [0.3, 0.4) is 0 Å². The van der Waals surface area contributed by atoms with E-state index in [1.54, 1.807) is 0 Å². The number of halogens is 1. The van der Waals surface area contributed by atoms with Gasteiger partial charge >= 0.3 is 6.09 Å². The Bertz CT molecular complexity index is 314. The summed E-state index contributed by atoms with van der Waals surface area (Å²) in [6.45, 7) is 2.33. The van der Waals surface area contributed by atoms with Crippen molar-refractivity contribution in [3.8, 4) is 0 Å².